The van der Waals surface area contributed by atoms with Gasteiger partial charge in [-0.25, -0.2) is 4.79 Å². The number of aromatic carboxylic acids is 1. The molecule has 0 amide bonds. The third-order valence-corrected chi connectivity index (χ3v) is 4.67. The molecule has 3 aromatic rings. The lowest BCUT2D eigenvalue weighted by molar-refractivity contribution is -0.137. The highest BCUT2D eigenvalue weighted by Crippen LogP contribution is 2.38. The standard InChI is InChI=1S/C21H18F3NO3/c1-12-9-17(20(27)28)13(2)25(12)19-8-7-16(10-18(19)21(22,23)24)15-5-3-14(11-26)4-6-15/h3-10,26H,11H2,1-2H3,(H,27,28). The van der Waals surface area contributed by atoms with Crippen LogP contribution in [0.25, 0.3) is 16.8 Å². The molecule has 1 heterocycles. The van der Waals surface area contributed by atoms with Crippen molar-refractivity contribution in [1.29, 1.82) is 0 Å². The molecule has 28 heavy (non-hydrogen) atoms. The Labute approximate surface area is 159 Å². The van der Waals surface area contributed by atoms with E-state index in [4.69, 9.17) is 5.11 Å². The molecule has 0 unspecified atom stereocenters. The predicted molar refractivity (Wildman–Crippen MR) is 98.6 cm³/mol. The Kier molecular flexibility index (Phi) is 5.04. The third-order valence-electron chi connectivity index (χ3n) is 4.67. The number of benzene rings is 2. The lowest BCUT2D eigenvalue weighted by Gasteiger charge is -2.18. The summed E-state index contributed by atoms with van der Waals surface area (Å²) in [5.41, 5.74) is 1.25. The van der Waals surface area contributed by atoms with E-state index in [0.29, 0.717) is 22.4 Å². The second-order valence-corrected chi connectivity index (χ2v) is 6.51. The number of halogens is 3. The van der Waals surface area contributed by atoms with Crippen molar-refractivity contribution in [1.82, 2.24) is 4.57 Å². The first kappa shape index (κ1) is 19.7. The monoisotopic (exact) mass is 389 g/mol. The van der Waals surface area contributed by atoms with Crippen molar-refractivity contribution >= 4 is 5.97 Å². The van der Waals surface area contributed by atoms with E-state index in [2.05, 4.69) is 0 Å². The molecule has 0 aliphatic rings. The first-order valence-electron chi connectivity index (χ1n) is 8.47. The van der Waals surface area contributed by atoms with Crippen molar-refractivity contribution in [2.45, 2.75) is 26.6 Å². The van der Waals surface area contributed by atoms with Crippen molar-refractivity contribution < 1.29 is 28.2 Å². The number of carboxylic acid groups (broad SMARTS) is 1. The minimum absolute atomic E-state index is 0.0331. The number of alkyl halides is 3. The first-order chi connectivity index (χ1) is 13.1. The Bertz CT molecular complexity index is 1030. The number of aryl methyl sites for hydroxylation is 1. The van der Waals surface area contributed by atoms with Gasteiger partial charge in [-0.05, 0) is 48.7 Å². The van der Waals surface area contributed by atoms with E-state index in [1.807, 2.05) is 0 Å². The first-order valence-corrected chi connectivity index (χ1v) is 8.47. The van der Waals surface area contributed by atoms with E-state index in [0.717, 1.165) is 6.07 Å². The van der Waals surface area contributed by atoms with E-state index in [1.54, 1.807) is 37.3 Å². The summed E-state index contributed by atoms with van der Waals surface area (Å²) in [6.07, 6.45) is -4.62. The fourth-order valence-electron chi connectivity index (χ4n) is 3.29. The number of nitrogens with zero attached hydrogens (tertiary/aromatic N) is 1. The van der Waals surface area contributed by atoms with E-state index < -0.39 is 17.7 Å². The molecule has 4 nitrogen and oxygen atoms in total. The minimum atomic E-state index is -4.62. The summed E-state index contributed by atoms with van der Waals surface area (Å²) in [6.45, 7) is 2.91. The topological polar surface area (TPSA) is 62.5 Å². The summed E-state index contributed by atoms with van der Waals surface area (Å²) in [5, 5.41) is 18.4. The molecule has 0 atom stereocenters. The smallest absolute Gasteiger partial charge is 0.418 e. The summed E-state index contributed by atoms with van der Waals surface area (Å²) in [6, 6.07) is 11.9. The highest BCUT2D eigenvalue weighted by Gasteiger charge is 2.35. The summed E-state index contributed by atoms with van der Waals surface area (Å²) in [5.74, 6) is -1.19. The molecule has 0 saturated carbocycles. The van der Waals surface area contributed by atoms with Gasteiger partial charge in [0.05, 0.1) is 23.4 Å². The zero-order valence-corrected chi connectivity index (χ0v) is 15.2. The van der Waals surface area contributed by atoms with E-state index in [1.165, 1.54) is 23.6 Å². The molecule has 0 saturated heterocycles. The fraction of sp³-hybridized carbons (Fsp3) is 0.190. The zero-order chi connectivity index (χ0) is 20.6. The van der Waals surface area contributed by atoms with Crippen LogP contribution < -0.4 is 0 Å². The highest BCUT2D eigenvalue weighted by atomic mass is 19.4. The Morgan fingerprint density at radius 1 is 1.00 bits per heavy atom. The predicted octanol–water partition coefficient (Wildman–Crippen LogP) is 4.97. The van der Waals surface area contributed by atoms with Gasteiger partial charge >= 0.3 is 12.1 Å². The van der Waals surface area contributed by atoms with Crippen LogP contribution in [0.5, 0.6) is 0 Å². The second-order valence-electron chi connectivity index (χ2n) is 6.51. The molecule has 0 aliphatic heterocycles. The van der Waals surface area contributed by atoms with Crippen LogP contribution in [0.1, 0.15) is 32.9 Å². The van der Waals surface area contributed by atoms with E-state index >= 15 is 0 Å². The molecule has 3 rings (SSSR count). The van der Waals surface area contributed by atoms with Crippen LogP contribution >= 0.6 is 0 Å². The van der Waals surface area contributed by atoms with Crippen molar-refractivity contribution in [2.75, 3.05) is 0 Å². The Morgan fingerprint density at radius 3 is 2.11 bits per heavy atom. The molecule has 0 spiro atoms. The van der Waals surface area contributed by atoms with Crippen LogP contribution in [-0.4, -0.2) is 20.7 Å². The van der Waals surface area contributed by atoms with Crippen LogP contribution in [-0.2, 0) is 12.8 Å². The van der Waals surface area contributed by atoms with Crippen LogP contribution in [0.3, 0.4) is 0 Å². The number of aliphatic hydroxyl groups is 1. The van der Waals surface area contributed by atoms with E-state index in [9.17, 15) is 23.1 Å². The molecule has 1 aromatic heterocycles. The van der Waals surface area contributed by atoms with Gasteiger partial charge in [0.2, 0.25) is 0 Å². The van der Waals surface area contributed by atoms with Gasteiger partial charge in [-0.1, -0.05) is 30.3 Å². The van der Waals surface area contributed by atoms with Gasteiger partial charge in [0.15, 0.2) is 0 Å². The molecule has 0 fully saturated rings. The Hall–Kier alpha value is -3.06. The number of hydrogen-bond acceptors (Lipinski definition) is 2. The van der Waals surface area contributed by atoms with Gasteiger partial charge in [0.1, 0.15) is 0 Å². The van der Waals surface area contributed by atoms with Gasteiger partial charge < -0.3 is 14.8 Å². The lowest BCUT2D eigenvalue weighted by Crippen LogP contribution is -2.13. The molecule has 2 aromatic carbocycles. The van der Waals surface area contributed by atoms with Crippen molar-refractivity contribution in [3.8, 4) is 16.8 Å². The number of aromatic nitrogens is 1. The fourth-order valence-corrected chi connectivity index (χ4v) is 3.29. The van der Waals surface area contributed by atoms with Crippen molar-refractivity contribution in [3.05, 3.63) is 76.6 Å². The molecular weight excluding hydrogens is 371 g/mol. The van der Waals surface area contributed by atoms with Gasteiger partial charge in [0.25, 0.3) is 0 Å². The SMILES string of the molecule is Cc1cc(C(=O)O)c(C)n1-c1ccc(-c2ccc(CO)cc2)cc1C(F)(F)F. The molecule has 0 bridgehead atoms. The highest BCUT2D eigenvalue weighted by molar-refractivity contribution is 5.89. The maximum atomic E-state index is 13.8. The van der Waals surface area contributed by atoms with Crippen LogP contribution in [0.2, 0.25) is 0 Å². The molecule has 2 N–H and O–H groups in total. The quantitative estimate of drug-likeness (QED) is 0.662. The van der Waals surface area contributed by atoms with Crippen molar-refractivity contribution in [3.63, 3.8) is 0 Å². The summed E-state index contributed by atoms with van der Waals surface area (Å²) < 4.78 is 42.8. The van der Waals surface area contributed by atoms with Crippen molar-refractivity contribution in [2.24, 2.45) is 0 Å². The van der Waals surface area contributed by atoms with Crippen LogP contribution in [0.4, 0.5) is 13.2 Å². The molecule has 0 radical (unpaired) electrons. The summed E-state index contributed by atoms with van der Waals surface area (Å²) in [4.78, 5) is 11.3. The average molecular weight is 389 g/mol. The lowest BCUT2D eigenvalue weighted by atomic mass is 10.00. The van der Waals surface area contributed by atoms with Crippen LogP contribution in [0.15, 0.2) is 48.5 Å². The largest absolute Gasteiger partial charge is 0.478 e. The Morgan fingerprint density at radius 2 is 1.61 bits per heavy atom. The van der Waals surface area contributed by atoms with Gasteiger partial charge in [-0.2, -0.15) is 13.2 Å². The number of aliphatic hydroxyl groups excluding tert-OH is 1. The Balaban J connectivity index is 2.19. The molecular formula is C21H18F3NO3. The average Bonchev–Trinajstić information content (AvgIpc) is 2.95. The molecule has 0 aliphatic carbocycles. The van der Waals surface area contributed by atoms with Gasteiger partial charge in [-0.3, -0.25) is 0 Å². The number of carbonyl (C=O) groups is 1. The van der Waals surface area contributed by atoms with Gasteiger partial charge in [-0.15, -0.1) is 0 Å². The van der Waals surface area contributed by atoms with Gasteiger partial charge in [0, 0.05) is 11.4 Å². The number of rotatable bonds is 4. The summed E-state index contributed by atoms with van der Waals surface area (Å²) in [7, 11) is 0. The van der Waals surface area contributed by atoms with E-state index in [-0.39, 0.29) is 23.6 Å². The number of hydrogen-bond donors (Lipinski definition) is 2. The zero-order valence-electron chi connectivity index (χ0n) is 15.2. The maximum Gasteiger partial charge on any atom is 0.418 e. The maximum absolute atomic E-state index is 13.8. The molecule has 146 valence electrons. The second kappa shape index (κ2) is 7.16. The van der Waals surface area contributed by atoms with Crippen LogP contribution in [0, 0.1) is 13.8 Å². The molecule has 7 heteroatoms. The normalized spacial score (nSPS) is 11.6. The summed E-state index contributed by atoms with van der Waals surface area (Å²) >= 11 is 0. The minimum Gasteiger partial charge on any atom is -0.478 e. The third kappa shape index (κ3) is 3.53. The number of carboxylic acids is 1.